The average Bonchev–Trinajstić information content (AvgIpc) is 2.91. The maximum atomic E-state index is 13.2. The van der Waals surface area contributed by atoms with Gasteiger partial charge in [-0.15, -0.1) is 0 Å². The van der Waals surface area contributed by atoms with Gasteiger partial charge in [0.1, 0.15) is 18.4 Å². The molecule has 0 aromatic heterocycles. The molecule has 0 heterocycles. The fraction of sp³-hybridized carbons (Fsp3) is 0.0690. The van der Waals surface area contributed by atoms with Crippen molar-refractivity contribution in [2.24, 2.45) is 0 Å². The van der Waals surface area contributed by atoms with Crippen molar-refractivity contribution in [3.05, 3.63) is 131 Å². The van der Waals surface area contributed by atoms with Gasteiger partial charge in [0.2, 0.25) is 0 Å². The number of nitriles is 1. The van der Waals surface area contributed by atoms with Crippen molar-refractivity contribution in [3.8, 4) is 11.8 Å². The van der Waals surface area contributed by atoms with E-state index in [9.17, 15) is 9.59 Å². The van der Waals surface area contributed by atoms with Crippen molar-refractivity contribution >= 4 is 17.5 Å². The predicted octanol–water partition coefficient (Wildman–Crippen LogP) is 5.25. The number of ether oxygens (including phenoxy) is 1. The summed E-state index contributed by atoms with van der Waals surface area (Å²) < 4.78 is 5.85. The van der Waals surface area contributed by atoms with Crippen LogP contribution >= 0.6 is 0 Å². The molecule has 2 amide bonds. The normalized spacial score (nSPS) is 11.1. The Labute approximate surface area is 203 Å². The maximum absolute atomic E-state index is 13.2. The summed E-state index contributed by atoms with van der Waals surface area (Å²) in [4.78, 5) is 26.0. The quantitative estimate of drug-likeness (QED) is 0.375. The molecule has 6 heteroatoms. The number of anilines is 1. The second-order valence-electron chi connectivity index (χ2n) is 7.80. The van der Waals surface area contributed by atoms with E-state index in [4.69, 9.17) is 10.00 Å². The maximum Gasteiger partial charge on any atom is 0.252 e. The number of carbonyl (C=O) groups is 2. The molecule has 4 aromatic carbocycles. The van der Waals surface area contributed by atoms with Crippen LogP contribution in [0.3, 0.4) is 0 Å². The minimum Gasteiger partial charge on any atom is -0.489 e. The van der Waals surface area contributed by atoms with Gasteiger partial charge >= 0.3 is 0 Å². The average molecular weight is 462 g/mol. The Morgan fingerprint density at radius 1 is 0.829 bits per heavy atom. The van der Waals surface area contributed by atoms with Crippen LogP contribution in [0.1, 0.15) is 33.1 Å². The van der Waals surface area contributed by atoms with Crippen molar-refractivity contribution in [2.75, 3.05) is 5.32 Å². The Balaban J connectivity index is 1.47. The summed E-state index contributed by atoms with van der Waals surface area (Å²) in [6.07, 6.45) is 0. The smallest absolute Gasteiger partial charge is 0.252 e. The minimum atomic E-state index is -0.887. The van der Waals surface area contributed by atoms with Crippen LogP contribution in [0.4, 0.5) is 5.69 Å². The van der Waals surface area contributed by atoms with E-state index < -0.39 is 6.04 Å². The van der Waals surface area contributed by atoms with Gasteiger partial charge in [-0.1, -0.05) is 66.7 Å². The topological polar surface area (TPSA) is 91.2 Å². The van der Waals surface area contributed by atoms with Gasteiger partial charge in [-0.05, 0) is 47.5 Å². The van der Waals surface area contributed by atoms with Crippen LogP contribution in [0.25, 0.3) is 0 Å². The van der Waals surface area contributed by atoms with Crippen molar-refractivity contribution in [3.63, 3.8) is 0 Å². The molecule has 0 saturated carbocycles. The third-order valence-corrected chi connectivity index (χ3v) is 5.27. The fourth-order valence-electron chi connectivity index (χ4n) is 3.53. The molecule has 1 atom stereocenters. The molecule has 0 aliphatic heterocycles. The molecule has 0 saturated heterocycles. The first-order valence-electron chi connectivity index (χ1n) is 11.1. The third kappa shape index (κ3) is 6.34. The van der Waals surface area contributed by atoms with Gasteiger partial charge in [-0.25, -0.2) is 0 Å². The zero-order chi connectivity index (χ0) is 24.5. The van der Waals surface area contributed by atoms with E-state index in [0.717, 1.165) is 5.56 Å². The molecular weight excluding hydrogens is 438 g/mol. The molecule has 35 heavy (non-hydrogen) atoms. The van der Waals surface area contributed by atoms with Crippen LogP contribution in [-0.4, -0.2) is 11.8 Å². The molecule has 0 aliphatic carbocycles. The summed E-state index contributed by atoms with van der Waals surface area (Å²) in [5.74, 6) is -0.152. The summed E-state index contributed by atoms with van der Waals surface area (Å²) in [6, 6.07) is 33.3. The number of benzene rings is 4. The fourth-order valence-corrected chi connectivity index (χ4v) is 3.53. The SMILES string of the molecule is N#Cc1cccc(COc2cccc(NC(=O)C(NC(=O)c3ccccc3)c3ccccc3)c2)c1. The molecule has 0 fully saturated rings. The number of amides is 2. The second-order valence-corrected chi connectivity index (χ2v) is 7.80. The van der Waals surface area contributed by atoms with Gasteiger partial charge < -0.3 is 15.4 Å². The highest BCUT2D eigenvalue weighted by Crippen LogP contribution is 2.22. The number of nitrogens with zero attached hydrogens (tertiary/aromatic N) is 1. The van der Waals surface area contributed by atoms with Crippen molar-refractivity contribution in [1.29, 1.82) is 5.26 Å². The Bertz CT molecular complexity index is 1350. The van der Waals surface area contributed by atoms with E-state index in [1.165, 1.54) is 0 Å². The van der Waals surface area contributed by atoms with E-state index in [1.807, 2.05) is 30.3 Å². The van der Waals surface area contributed by atoms with Crippen LogP contribution in [-0.2, 0) is 11.4 Å². The van der Waals surface area contributed by atoms with Gasteiger partial charge in [-0.3, -0.25) is 9.59 Å². The molecule has 4 aromatic rings. The first-order chi connectivity index (χ1) is 17.1. The molecule has 0 aliphatic rings. The number of carbonyl (C=O) groups excluding carboxylic acids is 2. The van der Waals surface area contributed by atoms with Crippen LogP contribution in [0.15, 0.2) is 109 Å². The van der Waals surface area contributed by atoms with E-state index in [0.29, 0.717) is 28.1 Å². The molecule has 2 N–H and O–H groups in total. The van der Waals surface area contributed by atoms with Crippen LogP contribution in [0, 0.1) is 11.3 Å². The van der Waals surface area contributed by atoms with Crippen molar-refractivity contribution in [1.82, 2.24) is 5.32 Å². The van der Waals surface area contributed by atoms with Gasteiger partial charge in [0, 0.05) is 17.3 Å². The van der Waals surface area contributed by atoms with E-state index in [2.05, 4.69) is 16.7 Å². The molecule has 0 radical (unpaired) electrons. The molecular formula is C29H23N3O3. The lowest BCUT2D eigenvalue weighted by Gasteiger charge is -2.19. The molecule has 6 nitrogen and oxygen atoms in total. The summed E-state index contributed by atoms with van der Waals surface area (Å²) in [5, 5.41) is 14.8. The Hall–Kier alpha value is -4.89. The molecule has 172 valence electrons. The largest absolute Gasteiger partial charge is 0.489 e. The Morgan fingerprint density at radius 3 is 2.29 bits per heavy atom. The second kappa shape index (κ2) is 11.3. The molecule has 0 spiro atoms. The lowest BCUT2D eigenvalue weighted by molar-refractivity contribution is -0.118. The van der Waals surface area contributed by atoms with Crippen LogP contribution in [0.2, 0.25) is 0 Å². The van der Waals surface area contributed by atoms with Crippen molar-refractivity contribution in [2.45, 2.75) is 12.6 Å². The first kappa shape index (κ1) is 23.3. The first-order valence-corrected chi connectivity index (χ1v) is 11.1. The van der Waals surface area contributed by atoms with Gasteiger partial charge in [0.05, 0.1) is 11.6 Å². The minimum absolute atomic E-state index is 0.284. The molecule has 4 rings (SSSR count). The Morgan fingerprint density at radius 2 is 1.54 bits per heavy atom. The standard InChI is InChI=1S/C29H23N3O3/c30-19-21-9-7-10-22(17-21)20-35-26-16-8-15-25(18-26)31-29(34)27(23-11-3-1-4-12-23)32-28(33)24-13-5-2-6-14-24/h1-18,27H,20H2,(H,31,34)(H,32,33). The highest BCUT2D eigenvalue weighted by atomic mass is 16.5. The number of hydrogen-bond donors (Lipinski definition) is 2. The number of rotatable bonds is 8. The van der Waals surface area contributed by atoms with Gasteiger partial charge in [0.15, 0.2) is 0 Å². The number of nitrogens with one attached hydrogen (secondary N) is 2. The highest BCUT2D eigenvalue weighted by molar-refractivity contribution is 6.01. The predicted molar refractivity (Wildman–Crippen MR) is 134 cm³/mol. The van der Waals surface area contributed by atoms with Gasteiger partial charge in [-0.2, -0.15) is 5.26 Å². The summed E-state index contributed by atoms with van der Waals surface area (Å²) in [5.41, 5.74) is 3.10. The van der Waals surface area contributed by atoms with Gasteiger partial charge in [0.25, 0.3) is 11.8 Å². The van der Waals surface area contributed by atoms with Crippen molar-refractivity contribution < 1.29 is 14.3 Å². The third-order valence-electron chi connectivity index (χ3n) is 5.27. The highest BCUT2D eigenvalue weighted by Gasteiger charge is 2.23. The summed E-state index contributed by atoms with van der Waals surface area (Å²) in [7, 11) is 0. The summed E-state index contributed by atoms with van der Waals surface area (Å²) in [6.45, 7) is 0.284. The zero-order valence-corrected chi connectivity index (χ0v) is 18.8. The molecule has 0 bridgehead atoms. The van der Waals surface area contributed by atoms with E-state index in [1.54, 1.807) is 78.9 Å². The van der Waals surface area contributed by atoms with E-state index in [-0.39, 0.29) is 18.4 Å². The summed E-state index contributed by atoms with van der Waals surface area (Å²) >= 11 is 0. The Kier molecular flexibility index (Phi) is 7.52. The lowest BCUT2D eigenvalue weighted by atomic mass is 10.1. The van der Waals surface area contributed by atoms with E-state index >= 15 is 0 Å². The van der Waals surface area contributed by atoms with Crippen LogP contribution in [0.5, 0.6) is 5.75 Å². The zero-order valence-electron chi connectivity index (χ0n) is 18.8. The number of hydrogen-bond acceptors (Lipinski definition) is 4. The van der Waals surface area contributed by atoms with Crippen LogP contribution < -0.4 is 15.4 Å². The monoisotopic (exact) mass is 461 g/mol. The molecule has 1 unspecified atom stereocenters. The lowest BCUT2D eigenvalue weighted by Crippen LogP contribution is -2.37.